The predicted molar refractivity (Wildman–Crippen MR) is 77.1 cm³/mol. The van der Waals surface area contributed by atoms with E-state index in [0.29, 0.717) is 0 Å². The molecule has 0 saturated heterocycles. The highest BCUT2D eigenvalue weighted by Gasteiger charge is 2.18. The molecule has 5 heteroatoms. The van der Waals surface area contributed by atoms with E-state index in [1.807, 2.05) is 38.4 Å². The van der Waals surface area contributed by atoms with E-state index < -0.39 is 0 Å². The highest BCUT2D eigenvalue weighted by atomic mass is 79.9. The molecule has 1 aromatic carbocycles. The van der Waals surface area contributed by atoms with Gasteiger partial charge >= 0.3 is 0 Å². The first-order valence-electron chi connectivity index (χ1n) is 5.32. The van der Waals surface area contributed by atoms with Crippen LogP contribution in [0.5, 0.6) is 0 Å². The smallest absolute Gasteiger partial charge is 0.235 e. The number of nitrogens with zero attached hydrogens (tertiary/aromatic N) is 1. The third-order valence-corrected chi connectivity index (χ3v) is 3.98. The molecule has 2 N–H and O–H groups in total. The van der Waals surface area contributed by atoms with Crippen LogP contribution in [0.2, 0.25) is 0 Å². The highest BCUT2D eigenvalue weighted by Crippen LogP contribution is 2.29. The van der Waals surface area contributed by atoms with Gasteiger partial charge in [0.15, 0.2) is 0 Å². The summed E-state index contributed by atoms with van der Waals surface area (Å²) < 4.78 is 0.967. The zero-order chi connectivity index (χ0) is 12.8. The molecule has 3 nitrogen and oxygen atoms in total. The number of carbonyl (C=O) groups is 1. The van der Waals surface area contributed by atoms with Crippen LogP contribution in [0.4, 0.5) is 0 Å². The van der Waals surface area contributed by atoms with Crippen molar-refractivity contribution in [2.75, 3.05) is 26.4 Å². The van der Waals surface area contributed by atoms with Gasteiger partial charge in [0.2, 0.25) is 5.91 Å². The van der Waals surface area contributed by atoms with Gasteiger partial charge in [-0.15, -0.1) is 11.8 Å². The second-order valence-corrected chi connectivity index (χ2v) is 6.14. The number of hydrogen-bond donors (Lipinski definition) is 1. The SMILES string of the molecule is CN(C)CCS[C@@H](C(N)=O)c1cccc(Br)c1. The molecule has 0 fully saturated rings. The van der Waals surface area contributed by atoms with Gasteiger partial charge in [0.25, 0.3) is 0 Å². The summed E-state index contributed by atoms with van der Waals surface area (Å²) in [5.74, 6) is 0.597. The molecule has 94 valence electrons. The van der Waals surface area contributed by atoms with Crippen LogP contribution in [0.25, 0.3) is 0 Å². The zero-order valence-electron chi connectivity index (χ0n) is 10.0. The van der Waals surface area contributed by atoms with Crippen molar-refractivity contribution in [3.63, 3.8) is 0 Å². The van der Waals surface area contributed by atoms with Crippen LogP contribution in [0.15, 0.2) is 28.7 Å². The monoisotopic (exact) mass is 316 g/mol. The molecule has 1 aromatic rings. The number of amides is 1. The molecular formula is C12H17BrN2OS. The average Bonchev–Trinajstić information content (AvgIpc) is 2.23. The number of rotatable bonds is 6. The molecule has 0 aliphatic carbocycles. The maximum atomic E-state index is 11.5. The van der Waals surface area contributed by atoms with Crippen molar-refractivity contribution in [3.8, 4) is 0 Å². The zero-order valence-corrected chi connectivity index (χ0v) is 12.4. The predicted octanol–water partition coefficient (Wildman–Crippen LogP) is 2.27. The van der Waals surface area contributed by atoms with Crippen molar-refractivity contribution < 1.29 is 4.79 Å². The third kappa shape index (κ3) is 5.10. The number of thioether (sulfide) groups is 1. The van der Waals surface area contributed by atoms with Crippen molar-refractivity contribution in [1.29, 1.82) is 0 Å². The van der Waals surface area contributed by atoms with E-state index in [2.05, 4.69) is 20.8 Å². The van der Waals surface area contributed by atoms with Gasteiger partial charge in [-0.3, -0.25) is 4.79 Å². The van der Waals surface area contributed by atoms with Gasteiger partial charge in [0.1, 0.15) is 5.25 Å². The minimum absolute atomic E-state index is 0.271. The lowest BCUT2D eigenvalue weighted by Gasteiger charge is -2.15. The van der Waals surface area contributed by atoms with Gasteiger partial charge in [-0.1, -0.05) is 28.1 Å². The summed E-state index contributed by atoms with van der Waals surface area (Å²) in [6.45, 7) is 0.933. The van der Waals surface area contributed by atoms with E-state index in [1.165, 1.54) is 0 Å². The normalized spacial score (nSPS) is 12.7. The topological polar surface area (TPSA) is 46.3 Å². The van der Waals surface area contributed by atoms with Crippen LogP contribution < -0.4 is 5.73 Å². The van der Waals surface area contributed by atoms with Crippen molar-refractivity contribution in [3.05, 3.63) is 34.3 Å². The maximum Gasteiger partial charge on any atom is 0.235 e. The first-order chi connectivity index (χ1) is 8.00. The van der Waals surface area contributed by atoms with E-state index in [1.54, 1.807) is 11.8 Å². The third-order valence-electron chi connectivity index (χ3n) is 2.23. The molecule has 0 radical (unpaired) electrons. The van der Waals surface area contributed by atoms with Crippen LogP contribution in [0.3, 0.4) is 0 Å². The fourth-order valence-electron chi connectivity index (χ4n) is 1.37. The Morgan fingerprint density at radius 2 is 2.24 bits per heavy atom. The van der Waals surface area contributed by atoms with E-state index >= 15 is 0 Å². The Balaban J connectivity index is 2.69. The average molecular weight is 317 g/mol. The Kier molecular flexibility index (Phi) is 6.02. The van der Waals surface area contributed by atoms with Gasteiger partial charge in [-0.2, -0.15) is 0 Å². The Morgan fingerprint density at radius 3 is 2.76 bits per heavy atom. The minimum atomic E-state index is -0.285. The molecule has 1 rings (SSSR count). The summed E-state index contributed by atoms with van der Waals surface area (Å²) in [5.41, 5.74) is 6.40. The summed E-state index contributed by atoms with van der Waals surface area (Å²) in [6.07, 6.45) is 0. The first-order valence-corrected chi connectivity index (χ1v) is 7.16. The van der Waals surface area contributed by atoms with Gasteiger partial charge < -0.3 is 10.6 Å². The Bertz CT molecular complexity index is 385. The summed E-state index contributed by atoms with van der Waals surface area (Å²) >= 11 is 4.98. The van der Waals surface area contributed by atoms with Gasteiger partial charge in [-0.25, -0.2) is 0 Å². The molecule has 0 unspecified atom stereocenters. The lowest BCUT2D eigenvalue weighted by molar-refractivity contribution is -0.117. The molecule has 0 aromatic heterocycles. The Morgan fingerprint density at radius 1 is 1.53 bits per heavy atom. The van der Waals surface area contributed by atoms with Crippen LogP contribution >= 0.6 is 27.7 Å². The summed E-state index contributed by atoms with van der Waals surface area (Å²) in [7, 11) is 4.03. The minimum Gasteiger partial charge on any atom is -0.368 e. The van der Waals surface area contributed by atoms with Gasteiger partial charge in [-0.05, 0) is 31.8 Å². The Hall–Kier alpha value is -0.520. The maximum absolute atomic E-state index is 11.5. The molecule has 1 atom stereocenters. The van der Waals surface area contributed by atoms with Crippen LogP contribution in [0.1, 0.15) is 10.8 Å². The van der Waals surface area contributed by atoms with E-state index in [9.17, 15) is 4.79 Å². The van der Waals surface area contributed by atoms with Crippen molar-refractivity contribution >= 4 is 33.6 Å². The quantitative estimate of drug-likeness (QED) is 0.875. The number of primary amides is 1. The number of halogens is 1. The van der Waals surface area contributed by atoms with Crippen LogP contribution in [-0.4, -0.2) is 37.2 Å². The summed E-state index contributed by atoms with van der Waals surface area (Å²) in [4.78, 5) is 13.5. The largest absolute Gasteiger partial charge is 0.368 e. The van der Waals surface area contributed by atoms with Crippen molar-refractivity contribution in [1.82, 2.24) is 4.90 Å². The van der Waals surface area contributed by atoms with Crippen molar-refractivity contribution in [2.45, 2.75) is 5.25 Å². The fraction of sp³-hybridized carbons (Fsp3) is 0.417. The molecule has 17 heavy (non-hydrogen) atoms. The fourth-order valence-corrected chi connectivity index (χ4v) is 2.99. The summed E-state index contributed by atoms with van der Waals surface area (Å²) in [6, 6.07) is 7.73. The number of hydrogen-bond acceptors (Lipinski definition) is 3. The second kappa shape index (κ2) is 7.03. The second-order valence-electron chi connectivity index (χ2n) is 4.01. The first kappa shape index (κ1) is 14.5. The van der Waals surface area contributed by atoms with E-state index in [-0.39, 0.29) is 11.2 Å². The number of carbonyl (C=O) groups excluding carboxylic acids is 1. The van der Waals surface area contributed by atoms with Gasteiger partial charge in [0, 0.05) is 16.8 Å². The van der Waals surface area contributed by atoms with E-state index in [0.717, 1.165) is 22.3 Å². The molecular weight excluding hydrogens is 300 g/mol. The molecule has 0 saturated carbocycles. The number of nitrogens with two attached hydrogens (primary N) is 1. The standard InChI is InChI=1S/C12H17BrN2OS/c1-15(2)6-7-17-11(12(14)16)9-4-3-5-10(13)8-9/h3-5,8,11H,6-7H2,1-2H3,(H2,14,16)/t11-/m1/s1. The molecule has 0 aliphatic rings. The summed E-state index contributed by atoms with van der Waals surface area (Å²) in [5, 5.41) is -0.271. The lowest BCUT2D eigenvalue weighted by atomic mass is 10.1. The van der Waals surface area contributed by atoms with Gasteiger partial charge in [0.05, 0.1) is 0 Å². The lowest BCUT2D eigenvalue weighted by Crippen LogP contribution is -2.21. The van der Waals surface area contributed by atoms with Crippen LogP contribution in [0, 0.1) is 0 Å². The molecule has 0 aliphatic heterocycles. The molecule has 1 amide bonds. The molecule has 0 heterocycles. The van der Waals surface area contributed by atoms with Crippen molar-refractivity contribution in [2.24, 2.45) is 5.73 Å². The Labute approximate surface area is 115 Å². The highest BCUT2D eigenvalue weighted by molar-refractivity contribution is 9.10. The van der Waals surface area contributed by atoms with E-state index in [4.69, 9.17) is 5.73 Å². The molecule has 0 spiro atoms. The van der Waals surface area contributed by atoms with Crippen LogP contribution in [-0.2, 0) is 4.79 Å². The number of benzene rings is 1. The molecule has 0 bridgehead atoms.